The molecule has 3 aromatic rings. The van der Waals surface area contributed by atoms with Crippen molar-refractivity contribution in [2.75, 3.05) is 0 Å². The van der Waals surface area contributed by atoms with E-state index in [4.69, 9.17) is 0 Å². The molecule has 0 radical (unpaired) electrons. The molecule has 2 aromatic carbocycles. The zero-order valence-corrected chi connectivity index (χ0v) is 10.1. The van der Waals surface area contributed by atoms with E-state index in [1.165, 1.54) is 4.68 Å². The molecule has 1 aliphatic rings. The molecule has 0 fully saturated rings. The Balaban J connectivity index is 1.93. The van der Waals surface area contributed by atoms with Crippen LogP contribution in [0.4, 0.5) is 0 Å². The summed E-state index contributed by atoms with van der Waals surface area (Å²) in [5, 5.41) is 4.42. The second kappa shape index (κ2) is 3.65. The van der Waals surface area contributed by atoms with Gasteiger partial charge in [0.25, 0.3) is 5.91 Å². The maximum Gasteiger partial charge on any atom is 0.279 e. The first-order valence-electron chi connectivity index (χ1n) is 6.14. The highest BCUT2D eigenvalue weighted by atomic mass is 16.2. The average molecular weight is 246 g/mol. The van der Waals surface area contributed by atoms with Crippen molar-refractivity contribution in [2.24, 2.45) is 0 Å². The summed E-state index contributed by atoms with van der Waals surface area (Å²) in [6, 6.07) is 19.5. The molecule has 0 saturated carbocycles. The maximum atomic E-state index is 12.2. The van der Waals surface area contributed by atoms with E-state index >= 15 is 0 Å². The van der Waals surface area contributed by atoms with Gasteiger partial charge >= 0.3 is 0 Å². The number of benzene rings is 2. The largest absolute Gasteiger partial charge is 0.279 e. The van der Waals surface area contributed by atoms with E-state index in [9.17, 15) is 4.79 Å². The van der Waals surface area contributed by atoms with Crippen molar-refractivity contribution in [3.05, 3.63) is 66.2 Å². The molecule has 4 rings (SSSR count). The summed E-state index contributed by atoms with van der Waals surface area (Å²) in [4.78, 5) is 12.2. The Labute approximate surface area is 110 Å². The van der Waals surface area contributed by atoms with Gasteiger partial charge in [0.1, 0.15) is 0 Å². The molecule has 0 spiro atoms. The van der Waals surface area contributed by atoms with E-state index < -0.39 is 0 Å². The number of carbonyl (C=O) groups is 1. The van der Waals surface area contributed by atoms with Crippen molar-refractivity contribution in [3.63, 3.8) is 0 Å². The predicted octanol–water partition coefficient (Wildman–Crippen LogP) is 3.22. The van der Waals surface area contributed by atoms with Gasteiger partial charge in [0.05, 0.1) is 17.0 Å². The minimum absolute atomic E-state index is 0.0484. The maximum absolute atomic E-state index is 12.2. The summed E-state index contributed by atoms with van der Waals surface area (Å²) >= 11 is 0. The highest BCUT2D eigenvalue weighted by Crippen LogP contribution is 2.34. The molecular weight excluding hydrogens is 236 g/mol. The number of nitrogens with zero attached hydrogens (tertiary/aromatic N) is 2. The van der Waals surface area contributed by atoms with E-state index in [1.807, 2.05) is 60.7 Å². The summed E-state index contributed by atoms with van der Waals surface area (Å²) < 4.78 is 1.49. The lowest BCUT2D eigenvalue weighted by atomic mass is 10.1. The third kappa shape index (κ3) is 1.38. The van der Waals surface area contributed by atoms with Crippen LogP contribution < -0.4 is 0 Å². The molecule has 0 atom stereocenters. The molecule has 0 unspecified atom stereocenters. The van der Waals surface area contributed by atoms with Crippen LogP contribution in [0.5, 0.6) is 0 Å². The Kier molecular flexibility index (Phi) is 1.97. The van der Waals surface area contributed by atoms with Crippen LogP contribution in [0.15, 0.2) is 60.7 Å². The highest BCUT2D eigenvalue weighted by Gasteiger charge is 2.28. The van der Waals surface area contributed by atoms with Crippen LogP contribution in [0, 0.1) is 0 Å². The summed E-state index contributed by atoms with van der Waals surface area (Å²) in [5.41, 5.74) is 4.42. The van der Waals surface area contributed by atoms with Crippen molar-refractivity contribution >= 4 is 5.91 Å². The fourth-order valence-electron chi connectivity index (χ4n) is 2.48. The molecule has 3 nitrogen and oxygen atoms in total. The molecule has 19 heavy (non-hydrogen) atoms. The van der Waals surface area contributed by atoms with Gasteiger partial charge in [0.15, 0.2) is 0 Å². The van der Waals surface area contributed by atoms with Gasteiger partial charge in [-0.05, 0) is 12.1 Å². The summed E-state index contributed by atoms with van der Waals surface area (Å²) in [6.07, 6.45) is 0. The first kappa shape index (κ1) is 10.3. The number of hydrogen-bond acceptors (Lipinski definition) is 2. The number of rotatable bonds is 1. The van der Waals surface area contributed by atoms with E-state index in [-0.39, 0.29) is 5.91 Å². The normalized spacial score (nSPS) is 12.3. The zero-order chi connectivity index (χ0) is 12.8. The standard InChI is InChI=1S/C16H10N2O/c19-16-13-9-5-4-8-12(13)15-10-14(17-18(15)16)11-6-2-1-3-7-11/h1-10H. The number of fused-ring (bicyclic) bond motifs is 3. The first-order chi connectivity index (χ1) is 9.34. The molecule has 0 amide bonds. The van der Waals surface area contributed by atoms with Gasteiger partial charge in [-0.2, -0.15) is 9.78 Å². The molecule has 90 valence electrons. The summed E-state index contributed by atoms with van der Waals surface area (Å²) in [6.45, 7) is 0. The van der Waals surface area contributed by atoms with Gasteiger partial charge in [0.2, 0.25) is 0 Å². The van der Waals surface area contributed by atoms with Gasteiger partial charge in [-0.1, -0.05) is 48.5 Å². The Morgan fingerprint density at radius 3 is 2.32 bits per heavy atom. The Bertz CT molecular complexity index is 788. The number of carbonyl (C=O) groups excluding carboxylic acids is 1. The topological polar surface area (TPSA) is 34.9 Å². The van der Waals surface area contributed by atoms with Crippen LogP contribution in [-0.2, 0) is 0 Å². The molecule has 0 bridgehead atoms. The second-order valence-electron chi connectivity index (χ2n) is 4.54. The molecule has 0 aliphatic carbocycles. The van der Waals surface area contributed by atoms with Crippen LogP contribution in [-0.4, -0.2) is 15.7 Å². The number of aromatic nitrogens is 2. The smallest absolute Gasteiger partial charge is 0.267 e. The van der Waals surface area contributed by atoms with Gasteiger partial charge in [-0.3, -0.25) is 4.79 Å². The van der Waals surface area contributed by atoms with E-state index in [2.05, 4.69) is 5.10 Å². The van der Waals surface area contributed by atoms with Crippen molar-refractivity contribution in [3.8, 4) is 22.5 Å². The van der Waals surface area contributed by atoms with Crippen molar-refractivity contribution in [1.29, 1.82) is 0 Å². The fraction of sp³-hybridized carbons (Fsp3) is 0. The molecule has 1 aromatic heterocycles. The van der Waals surface area contributed by atoms with Gasteiger partial charge in [0, 0.05) is 11.1 Å². The fourth-order valence-corrected chi connectivity index (χ4v) is 2.48. The van der Waals surface area contributed by atoms with Crippen LogP contribution in [0.2, 0.25) is 0 Å². The van der Waals surface area contributed by atoms with Crippen LogP contribution in [0.3, 0.4) is 0 Å². The summed E-state index contributed by atoms with van der Waals surface area (Å²) in [7, 11) is 0. The first-order valence-corrected chi connectivity index (χ1v) is 6.14. The second-order valence-corrected chi connectivity index (χ2v) is 4.54. The quantitative estimate of drug-likeness (QED) is 0.517. The lowest BCUT2D eigenvalue weighted by molar-refractivity contribution is 0.0955. The zero-order valence-electron chi connectivity index (χ0n) is 10.1. The van der Waals surface area contributed by atoms with Gasteiger partial charge in [-0.25, -0.2) is 0 Å². The van der Waals surface area contributed by atoms with Crippen molar-refractivity contribution in [1.82, 2.24) is 9.78 Å². The van der Waals surface area contributed by atoms with Gasteiger partial charge in [-0.15, -0.1) is 0 Å². The van der Waals surface area contributed by atoms with Crippen LogP contribution in [0.1, 0.15) is 10.4 Å². The lowest BCUT2D eigenvalue weighted by Gasteiger charge is -1.97. The molecule has 3 heteroatoms. The molecule has 0 N–H and O–H groups in total. The molecule has 0 saturated heterocycles. The Hall–Kier alpha value is -2.68. The third-order valence-corrected chi connectivity index (χ3v) is 3.40. The monoisotopic (exact) mass is 246 g/mol. The highest BCUT2D eigenvalue weighted by molar-refractivity contribution is 6.08. The molecule has 1 aliphatic heterocycles. The van der Waals surface area contributed by atoms with Crippen LogP contribution in [0.25, 0.3) is 22.5 Å². The van der Waals surface area contributed by atoms with E-state index in [1.54, 1.807) is 0 Å². The average Bonchev–Trinajstić information content (AvgIpc) is 3.01. The summed E-state index contributed by atoms with van der Waals surface area (Å²) in [5.74, 6) is -0.0484. The third-order valence-electron chi connectivity index (χ3n) is 3.40. The van der Waals surface area contributed by atoms with E-state index in [0.717, 1.165) is 28.1 Å². The lowest BCUT2D eigenvalue weighted by Crippen LogP contribution is -2.07. The Morgan fingerprint density at radius 2 is 1.53 bits per heavy atom. The minimum atomic E-state index is -0.0484. The number of hydrogen-bond donors (Lipinski definition) is 0. The SMILES string of the molecule is O=C1c2ccccc2-c2cc(-c3ccccc3)nn21. The van der Waals surface area contributed by atoms with Crippen LogP contribution >= 0.6 is 0 Å². The van der Waals surface area contributed by atoms with Gasteiger partial charge < -0.3 is 0 Å². The predicted molar refractivity (Wildman–Crippen MR) is 72.8 cm³/mol. The van der Waals surface area contributed by atoms with Crippen molar-refractivity contribution < 1.29 is 4.79 Å². The van der Waals surface area contributed by atoms with Crippen molar-refractivity contribution in [2.45, 2.75) is 0 Å². The van der Waals surface area contributed by atoms with E-state index in [0.29, 0.717) is 0 Å². The minimum Gasteiger partial charge on any atom is -0.267 e. The molecule has 2 heterocycles. The molecular formula is C16H10N2O. The Morgan fingerprint density at radius 1 is 0.842 bits per heavy atom.